The lowest BCUT2D eigenvalue weighted by atomic mass is 9.93. The average Bonchev–Trinajstić information content (AvgIpc) is 2.42. The summed E-state index contributed by atoms with van der Waals surface area (Å²) >= 11 is 1.83. The molecule has 19 heavy (non-hydrogen) atoms. The van der Waals surface area contributed by atoms with Crippen LogP contribution in [-0.2, 0) is 10.3 Å². The zero-order chi connectivity index (χ0) is 13.6. The Morgan fingerprint density at radius 1 is 1.42 bits per heavy atom. The van der Waals surface area contributed by atoms with Crippen LogP contribution in [0, 0.1) is 11.3 Å². The third-order valence-corrected chi connectivity index (χ3v) is 4.62. The van der Waals surface area contributed by atoms with Crippen LogP contribution in [0.1, 0.15) is 18.9 Å². The van der Waals surface area contributed by atoms with Crippen molar-refractivity contribution in [2.24, 2.45) is 0 Å². The van der Waals surface area contributed by atoms with Crippen molar-refractivity contribution in [3.63, 3.8) is 0 Å². The van der Waals surface area contributed by atoms with Gasteiger partial charge in [-0.15, -0.1) is 0 Å². The summed E-state index contributed by atoms with van der Waals surface area (Å²) in [5.74, 6) is 0.765. The van der Waals surface area contributed by atoms with Crippen molar-refractivity contribution in [3.05, 3.63) is 35.9 Å². The summed E-state index contributed by atoms with van der Waals surface area (Å²) in [5.41, 5.74) is 0.469. The second kappa shape index (κ2) is 6.95. The molecule has 1 unspecified atom stereocenters. The van der Waals surface area contributed by atoms with Crippen molar-refractivity contribution in [2.75, 3.05) is 25.5 Å². The summed E-state index contributed by atoms with van der Waals surface area (Å²) in [4.78, 5) is 0. The first-order valence-corrected chi connectivity index (χ1v) is 7.77. The molecule has 1 aromatic rings. The van der Waals surface area contributed by atoms with E-state index >= 15 is 0 Å². The molecule has 1 N–H and O–H groups in total. The molecular formula is C15H20N2OS. The van der Waals surface area contributed by atoms with Crippen LogP contribution in [0.25, 0.3) is 0 Å². The molecule has 0 bridgehead atoms. The Hall–Kier alpha value is -1.02. The van der Waals surface area contributed by atoms with Crippen LogP contribution in [0.5, 0.6) is 0 Å². The Kier molecular flexibility index (Phi) is 5.26. The van der Waals surface area contributed by atoms with Crippen molar-refractivity contribution < 1.29 is 4.74 Å². The summed E-state index contributed by atoms with van der Waals surface area (Å²) in [6.07, 6.45) is 1.02. The van der Waals surface area contributed by atoms with E-state index in [4.69, 9.17) is 4.74 Å². The minimum atomic E-state index is -0.586. The third-order valence-electron chi connectivity index (χ3n) is 3.28. The van der Waals surface area contributed by atoms with Gasteiger partial charge in [0, 0.05) is 5.75 Å². The molecule has 0 saturated carbocycles. The van der Waals surface area contributed by atoms with Crippen LogP contribution in [0.2, 0.25) is 0 Å². The van der Waals surface area contributed by atoms with Crippen molar-refractivity contribution in [1.82, 2.24) is 5.32 Å². The van der Waals surface area contributed by atoms with E-state index < -0.39 is 5.54 Å². The van der Waals surface area contributed by atoms with Gasteiger partial charge in [0.1, 0.15) is 5.54 Å². The Labute approximate surface area is 119 Å². The topological polar surface area (TPSA) is 45.0 Å². The van der Waals surface area contributed by atoms with Gasteiger partial charge < -0.3 is 4.74 Å². The highest BCUT2D eigenvalue weighted by atomic mass is 32.2. The maximum Gasteiger partial charge on any atom is 0.141 e. The fourth-order valence-electron chi connectivity index (χ4n) is 1.99. The Balaban J connectivity index is 2.12. The maximum absolute atomic E-state index is 9.70. The largest absolute Gasteiger partial charge is 0.379 e. The first-order valence-electron chi connectivity index (χ1n) is 6.72. The van der Waals surface area contributed by atoms with E-state index in [0.29, 0.717) is 5.25 Å². The summed E-state index contributed by atoms with van der Waals surface area (Å²) in [6, 6.07) is 12.5. The lowest BCUT2D eigenvalue weighted by Crippen LogP contribution is -2.45. The molecule has 1 heterocycles. The molecule has 0 spiro atoms. The van der Waals surface area contributed by atoms with Crippen molar-refractivity contribution in [3.8, 4) is 6.07 Å². The molecule has 4 heteroatoms. The third kappa shape index (κ3) is 3.50. The maximum atomic E-state index is 9.70. The number of thioether (sulfide) groups is 1. The minimum absolute atomic E-state index is 0.542. The van der Waals surface area contributed by atoms with Gasteiger partial charge in [-0.2, -0.15) is 17.0 Å². The number of nitrogens with one attached hydrogen (secondary N) is 1. The van der Waals surface area contributed by atoms with E-state index in [1.54, 1.807) is 0 Å². The molecule has 3 nitrogen and oxygen atoms in total. The number of benzene rings is 1. The van der Waals surface area contributed by atoms with Crippen LogP contribution in [-0.4, -0.2) is 30.8 Å². The number of hydrogen-bond acceptors (Lipinski definition) is 4. The van der Waals surface area contributed by atoms with Gasteiger partial charge in [-0.1, -0.05) is 37.3 Å². The van der Waals surface area contributed by atoms with Gasteiger partial charge >= 0.3 is 0 Å². The summed E-state index contributed by atoms with van der Waals surface area (Å²) < 4.78 is 5.20. The number of ether oxygens (including phenoxy) is 1. The summed E-state index contributed by atoms with van der Waals surface area (Å²) in [5, 5.41) is 13.7. The number of nitriles is 1. The smallest absolute Gasteiger partial charge is 0.141 e. The van der Waals surface area contributed by atoms with Crippen LogP contribution in [0.15, 0.2) is 30.3 Å². The molecule has 0 amide bonds. The highest BCUT2D eigenvalue weighted by molar-refractivity contribution is 8.00. The van der Waals surface area contributed by atoms with Crippen LogP contribution < -0.4 is 5.32 Å². The molecule has 2 rings (SSSR count). The van der Waals surface area contributed by atoms with Gasteiger partial charge in [-0.3, -0.25) is 5.32 Å². The number of nitrogens with zero attached hydrogens (tertiary/aromatic N) is 1. The standard InChI is InChI=1S/C15H20N2OS/c1-2-8-17-15(11-16,12-19-14-9-18-10-14)13-6-4-3-5-7-13/h3-7,14,17H,2,8-10,12H2,1H3. The molecule has 1 atom stereocenters. The Bertz CT molecular complexity index is 428. The fraction of sp³-hybridized carbons (Fsp3) is 0.533. The summed E-state index contributed by atoms with van der Waals surface area (Å²) in [6.45, 7) is 4.60. The Morgan fingerprint density at radius 2 is 2.16 bits per heavy atom. The average molecular weight is 276 g/mol. The van der Waals surface area contributed by atoms with Crippen molar-refractivity contribution >= 4 is 11.8 Å². The van der Waals surface area contributed by atoms with E-state index in [2.05, 4.69) is 18.3 Å². The quantitative estimate of drug-likeness (QED) is 0.831. The number of hydrogen-bond donors (Lipinski definition) is 1. The molecule has 0 aromatic heterocycles. The van der Waals surface area contributed by atoms with E-state index in [9.17, 15) is 5.26 Å². The van der Waals surface area contributed by atoms with Gasteiger partial charge in [-0.25, -0.2) is 0 Å². The first kappa shape index (κ1) is 14.4. The highest BCUT2D eigenvalue weighted by Crippen LogP contribution is 2.29. The molecule has 1 fully saturated rings. The zero-order valence-electron chi connectivity index (χ0n) is 11.3. The first-order chi connectivity index (χ1) is 9.30. The molecule has 1 aromatic carbocycles. The lowest BCUT2D eigenvalue weighted by molar-refractivity contribution is 0.0454. The number of rotatable bonds is 7. The molecule has 0 aliphatic carbocycles. The molecule has 102 valence electrons. The molecule has 0 radical (unpaired) electrons. The van der Waals surface area contributed by atoms with E-state index in [1.165, 1.54) is 0 Å². The second-order valence-corrected chi connectivity index (χ2v) is 6.07. The van der Waals surface area contributed by atoms with Crippen LogP contribution in [0.3, 0.4) is 0 Å². The summed E-state index contributed by atoms with van der Waals surface area (Å²) in [7, 11) is 0. The fourth-order valence-corrected chi connectivity index (χ4v) is 3.19. The van der Waals surface area contributed by atoms with Crippen molar-refractivity contribution in [2.45, 2.75) is 24.1 Å². The molecule has 1 saturated heterocycles. The van der Waals surface area contributed by atoms with Crippen LogP contribution in [0.4, 0.5) is 0 Å². The van der Waals surface area contributed by atoms with Gasteiger partial charge in [-0.05, 0) is 18.5 Å². The predicted octanol–water partition coefficient (Wildman–Crippen LogP) is 2.54. The van der Waals surface area contributed by atoms with Gasteiger partial charge in [0.2, 0.25) is 0 Å². The van der Waals surface area contributed by atoms with Gasteiger partial charge in [0.05, 0.1) is 24.5 Å². The lowest BCUT2D eigenvalue weighted by Gasteiger charge is -2.32. The highest BCUT2D eigenvalue weighted by Gasteiger charge is 2.33. The Morgan fingerprint density at radius 3 is 2.68 bits per heavy atom. The molecule has 1 aliphatic heterocycles. The van der Waals surface area contributed by atoms with E-state index in [0.717, 1.165) is 37.5 Å². The van der Waals surface area contributed by atoms with Crippen LogP contribution >= 0.6 is 11.8 Å². The zero-order valence-corrected chi connectivity index (χ0v) is 12.1. The van der Waals surface area contributed by atoms with Gasteiger partial charge in [0.25, 0.3) is 0 Å². The van der Waals surface area contributed by atoms with E-state index in [1.807, 2.05) is 42.1 Å². The van der Waals surface area contributed by atoms with Gasteiger partial charge in [0.15, 0.2) is 0 Å². The molecule has 1 aliphatic rings. The van der Waals surface area contributed by atoms with Crippen molar-refractivity contribution in [1.29, 1.82) is 5.26 Å². The van der Waals surface area contributed by atoms with E-state index in [-0.39, 0.29) is 0 Å². The second-order valence-electron chi connectivity index (χ2n) is 4.78. The molecular weight excluding hydrogens is 256 g/mol. The SMILES string of the molecule is CCCNC(C#N)(CSC1COC1)c1ccccc1. The minimum Gasteiger partial charge on any atom is -0.379 e. The normalized spacial score (nSPS) is 18.3. The predicted molar refractivity (Wildman–Crippen MR) is 79.1 cm³/mol. The monoisotopic (exact) mass is 276 g/mol.